The van der Waals surface area contributed by atoms with Crippen LogP contribution in [-0.2, 0) is 0 Å². The molecule has 1 heterocycles. The molecule has 28 heavy (non-hydrogen) atoms. The molecule has 6 nitrogen and oxygen atoms in total. The molecule has 1 amide bonds. The second-order valence-electron chi connectivity index (χ2n) is 5.85. The maximum atomic E-state index is 13.2. The van der Waals surface area contributed by atoms with E-state index in [0.29, 0.717) is 30.2 Å². The Hall–Kier alpha value is -3.61. The topological polar surface area (TPSA) is 72.5 Å². The van der Waals surface area contributed by atoms with Crippen molar-refractivity contribution in [3.63, 3.8) is 0 Å². The molecule has 0 saturated carbocycles. The lowest BCUT2D eigenvalue weighted by molar-refractivity contribution is 0.102. The van der Waals surface area contributed by atoms with E-state index in [9.17, 15) is 9.18 Å². The molecule has 0 atom stereocenters. The van der Waals surface area contributed by atoms with E-state index in [2.05, 4.69) is 15.6 Å². The van der Waals surface area contributed by atoms with Crippen molar-refractivity contribution in [1.82, 2.24) is 4.98 Å². The van der Waals surface area contributed by atoms with Crippen LogP contribution < -0.4 is 20.1 Å². The number of nitrogens with zero attached hydrogens (tertiary/aromatic N) is 1. The Morgan fingerprint density at radius 3 is 2.54 bits per heavy atom. The molecule has 0 saturated heterocycles. The molecule has 1 aromatic heterocycles. The summed E-state index contributed by atoms with van der Waals surface area (Å²) >= 11 is 0. The van der Waals surface area contributed by atoms with Crippen molar-refractivity contribution in [2.45, 2.75) is 0 Å². The maximum absolute atomic E-state index is 13.2. The zero-order valence-corrected chi connectivity index (χ0v) is 15.3. The first-order valence-corrected chi connectivity index (χ1v) is 8.68. The number of hydrogen-bond donors (Lipinski definition) is 2. The number of amides is 1. The standard InChI is InChI=1S/C21H20FN3O3/c1-27-18-6-8-19(9-7-18)28-12-11-23-20-10-5-15(14-24-20)21(26)25-17-4-2-3-16(22)13-17/h2-10,13-14H,11-12H2,1H3,(H,23,24)(H,25,26). The van der Waals surface area contributed by atoms with Gasteiger partial charge in [-0.1, -0.05) is 6.07 Å². The highest BCUT2D eigenvalue weighted by Gasteiger charge is 2.07. The lowest BCUT2D eigenvalue weighted by Crippen LogP contribution is -2.14. The smallest absolute Gasteiger partial charge is 0.257 e. The molecule has 3 aromatic rings. The molecule has 7 heteroatoms. The maximum Gasteiger partial charge on any atom is 0.257 e. The quantitative estimate of drug-likeness (QED) is 0.578. The van der Waals surface area contributed by atoms with Crippen LogP contribution in [0.4, 0.5) is 15.9 Å². The molecule has 0 aliphatic carbocycles. The van der Waals surface area contributed by atoms with E-state index in [1.54, 1.807) is 25.3 Å². The van der Waals surface area contributed by atoms with Crippen molar-refractivity contribution in [1.29, 1.82) is 0 Å². The van der Waals surface area contributed by atoms with Crippen LogP contribution in [-0.4, -0.2) is 31.2 Å². The zero-order valence-electron chi connectivity index (χ0n) is 15.3. The molecule has 0 aliphatic rings. The highest BCUT2D eigenvalue weighted by atomic mass is 19.1. The van der Waals surface area contributed by atoms with E-state index >= 15 is 0 Å². The molecule has 3 rings (SSSR count). The second-order valence-corrected chi connectivity index (χ2v) is 5.85. The first-order valence-electron chi connectivity index (χ1n) is 8.68. The van der Waals surface area contributed by atoms with Gasteiger partial charge in [0.15, 0.2) is 0 Å². The first kappa shape index (κ1) is 19.2. The number of aromatic nitrogens is 1. The molecule has 144 valence electrons. The number of pyridine rings is 1. The third kappa shape index (κ3) is 5.44. The van der Waals surface area contributed by atoms with Crippen LogP contribution >= 0.6 is 0 Å². The van der Waals surface area contributed by atoms with Gasteiger partial charge in [-0.2, -0.15) is 0 Å². The van der Waals surface area contributed by atoms with Crippen molar-refractivity contribution in [2.75, 3.05) is 30.9 Å². The number of anilines is 2. The summed E-state index contributed by atoms with van der Waals surface area (Å²) in [6.45, 7) is 1.00. The minimum Gasteiger partial charge on any atom is -0.497 e. The third-order valence-electron chi connectivity index (χ3n) is 3.84. The summed E-state index contributed by atoms with van der Waals surface area (Å²) in [5.74, 6) is 1.39. The molecule has 0 radical (unpaired) electrons. The number of hydrogen-bond acceptors (Lipinski definition) is 5. The number of benzene rings is 2. The normalized spacial score (nSPS) is 10.2. The van der Waals surface area contributed by atoms with Gasteiger partial charge in [0.05, 0.1) is 19.2 Å². The average molecular weight is 381 g/mol. The van der Waals surface area contributed by atoms with Gasteiger partial charge in [0.25, 0.3) is 5.91 Å². The van der Waals surface area contributed by atoms with Gasteiger partial charge in [-0.3, -0.25) is 4.79 Å². The number of carbonyl (C=O) groups is 1. The van der Waals surface area contributed by atoms with Crippen LogP contribution in [0, 0.1) is 5.82 Å². The molecule has 0 spiro atoms. The van der Waals surface area contributed by atoms with E-state index in [1.165, 1.54) is 24.4 Å². The number of ether oxygens (including phenoxy) is 2. The van der Waals surface area contributed by atoms with Gasteiger partial charge in [0, 0.05) is 11.9 Å². The molecular weight excluding hydrogens is 361 g/mol. The summed E-state index contributed by atoms with van der Waals surface area (Å²) in [4.78, 5) is 16.4. The van der Waals surface area contributed by atoms with Gasteiger partial charge < -0.3 is 20.1 Å². The summed E-state index contributed by atoms with van der Waals surface area (Å²) in [7, 11) is 1.61. The largest absolute Gasteiger partial charge is 0.497 e. The molecule has 2 aromatic carbocycles. The van der Waals surface area contributed by atoms with Gasteiger partial charge in [0.1, 0.15) is 29.7 Å². The van der Waals surface area contributed by atoms with E-state index in [0.717, 1.165) is 11.5 Å². The van der Waals surface area contributed by atoms with Gasteiger partial charge >= 0.3 is 0 Å². The van der Waals surface area contributed by atoms with Gasteiger partial charge in [-0.25, -0.2) is 9.37 Å². The Bertz CT molecular complexity index is 915. The summed E-state index contributed by atoms with van der Waals surface area (Å²) < 4.78 is 23.9. The summed E-state index contributed by atoms with van der Waals surface area (Å²) in [6.07, 6.45) is 1.46. The lowest BCUT2D eigenvalue weighted by atomic mass is 10.2. The number of rotatable bonds is 8. The zero-order chi connectivity index (χ0) is 19.8. The minimum absolute atomic E-state index is 0.354. The molecular formula is C21H20FN3O3. The van der Waals surface area contributed by atoms with Crippen LogP contribution in [0.5, 0.6) is 11.5 Å². The van der Waals surface area contributed by atoms with E-state index < -0.39 is 5.82 Å². The van der Waals surface area contributed by atoms with Gasteiger partial charge in [-0.05, 0) is 54.6 Å². The highest BCUT2D eigenvalue weighted by Crippen LogP contribution is 2.17. The highest BCUT2D eigenvalue weighted by molar-refractivity contribution is 6.04. The lowest BCUT2D eigenvalue weighted by Gasteiger charge is -2.09. The number of methoxy groups -OCH3 is 1. The first-order chi connectivity index (χ1) is 13.6. The predicted molar refractivity (Wildman–Crippen MR) is 106 cm³/mol. The summed E-state index contributed by atoms with van der Waals surface area (Å²) in [5.41, 5.74) is 0.771. The van der Waals surface area contributed by atoms with Crippen molar-refractivity contribution in [2.24, 2.45) is 0 Å². The Labute approximate surface area is 162 Å². The third-order valence-corrected chi connectivity index (χ3v) is 3.84. The number of carbonyl (C=O) groups excluding carboxylic acids is 1. The number of nitrogens with one attached hydrogen (secondary N) is 2. The van der Waals surface area contributed by atoms with Crippen LogP contribution in [0.1, 0.15) is 10.4 Å². The molecule has 0 bridgehead atoms. The monoisotopic (exact) mass is 381 g/mol. The van der Waals surface area contributed by atoms with E-state index in [1.807, 2.05) is 24.3 Å². The second kappa shape index (κ2) is 9.36. The van der Waals surface area contributed by atoms with Crippen LogP contribution in [0.2, 0.25) is 0 Å². The van der Waals surface area contributed by atoms with Crippen LogP contribution in [0.25, 0.3) is 0 Å². The minimum atomic E-state index is -0.410. The molecule has 0 aliphatic heterocycles. The van der Waals surface area contributed by atoms with Crippen LogP contribution in [0.3, 0.4) is 0 Å². The van der Waals surface area contributed by atoms with E-state index in [-0.39, 0.29) is 5.91 Å². The fourth-order valence-electron chi connectivity index (χ4n) is 2.42. The Kier molecular flexibility index (Phi) is 6.41. The molecule has 0 unspecified atom stereocenters. The van der Waals surface area contributed by atoms with Gasteiger partial charge in [-0.15, -0.1) is 0 Å². The Balaban J connectivity index is 1.45. The van der Waals surface area contributed by atoms with Gasteiger partial charge in [0.2, 0.25) is 0 Å². The predicted octanol–water partition coefficient (Wildman–Crippen LogP) is 3.97. The SMILES string of the molecule is COc1ccc(OCCNc2ccc(C(=O)Nc3cccc(F)c3)cn2)cc1. The fourth-order valence-corrected chi connectivity index (χ4v) is 2.42. The van der Waals surface area contributed by atoms with Crippen molar-refractivity contribution in [3.8, 4) is 11.5 Å². The Morgan fingerprint density at radius 2 is 1.86 bits per heavy atom. The van der Waals surface area contributed by atoms with Crippen molar-refractivity contribution >= 4 is 17.4 Å². The molecule has 0 fully saturated rings. The fraction of sp³-hybridized carbons (Fsp3) is 0.143. The average Bonchev–Trinajstić information content (AvgIpc) is 2.72. The Morgan fingerprint density at radius 1 is 1.07 bits per heavy atom. The molecule has 2 N–H and O–H groups in total. The van der Waals surface area contributed by atoms with Crippen LogP contribution in [0.15, 0.2) is 66.9 Å². The van der Waals surface area contributed by atoms with Crippen molar-refractivity contribution < 1.29 is 18.7 Å². The number of halogens is 1. The summed E-state index contributed by atoms with van der Waals surface area (Å²) in [5, 5.41) is 5.75. The summed E-state index contributed by atoms with van der Waals surface area (Å²) in [6, 6.07) is 16.4. The van der Waals surface area contributed by atoms with Crippen molar-refractivity contribution in [3.05, 3.63) is 78.2 Å². The van der Waals surface area contributed by atoms with E-state index in [4.69, 9.17) is 9.47 Å².